The molecule has 0 radical (unpaired) electrons. The lowest BCUT2D eigenvalue weighted by atomic mass is 10.1. The molecule has 2 rings (SSSR count). The van der Waals surface area contributed by atoms with Crippen molar-refractivity contribution >= 4 is 15.7 Å². The van der Waals surface area contributed by atoms with Crippen LogP contribution >= 0.6 is 0 Å². The summed E-state index contributed by atoms with van der Waals surface area (Å²) in [7, 11) is -3.25. The molecule has 0 amide bonds. The third kappa shape index (κ3) is 2.29. The summed E-state index contributed by atoms with van der Waals surface area (Å²) in [6.45, 7) is 2.55. The number of nitrogens with zero attached hydrogens (tertiary/aromatic N) is 4. The Morgan fingerprint density at radius 1 is 1.38 bits per heavy atom. The Labute approximate surface area is 118 Å². The molecule has 0 saturated carbocycles. The predicted octanol–water partition coefficient (Wildman–Crippen LogP) is 0.750. The van der Waals surface area contributed by atoms with Crippen molar-refractivity contribution in [2.75, 3.05) is 0 Å². The van der Waals surface area contributed by atoms with E-state index >= 15 is 0 Å². The second-order valence-corrected chi connectivity index (χ2v) is 6.56. The number of sulfonamides is 1. The van der Waals surface area contributed by atoms with Crippen molar-refractivity contribution in [3.05, 3.63) is 11.9 Å². The van der Waals surface area contributed by atoms with E-state index in [1.165, 1.54) is 20.9 Å². The molecule has 1 aromatic heterocycles. The fraction of sp³-hybridized carbons (Fsp3) is 0.600. The molecule has 2 heterocycles. The average Bonchev–Trinajstić information content (AvgIpc) is 2.79. The molecular weight excluding hydrogens is 313 g/mol. The smallest absolute Gasteiger partial charge is 0.361 e. The standard InChI is InChI=1S/C10H13F3N4O3S/c1-6-4-9(18,10(11,12)13)17(14-6)21(19,20)8-5-16(3)15-7(8)2/h5,18H,4H2,1-3H3. The van der Waals surface area contributed by atoms with Gasteiger partial charge < -0.3 is 5.11 Å². The number of hydrazone groups is 1. The van der Waals surface area contributed by atoms with Gasteiger partial charge in [-0.3, -0.25) is 4.68 Å². The maximum Gasteiger partial charge on any atom is 0.439 e. The van der Waals surface area contributed by atoms with Gasteiger partial charge in [0.05, 0.1) is 5.69 Å². The summed E-state index contributed by atoms with van der Waals surface area (Å²) in [5, 5.41) is 17.0. The molecule has 1 unspecified atom stereocenters. The van der Waals surface area contributed by atoms with Gasteiger partial charge in [-0.05, 0) is 13.8 Å². The Balaban J connectivity index is 2.60. The molecule has 0 bridgehead atoms. The Kier molecular flexibility index (Phi) is 3.33. The maximum absolute atomic E-state index is 13.1. The van der Waals surface area contributed by atoms with Gasteiger partial charge >= 0.3 is 6.18 Å². The molecule has 1 atom stereocenters. The monoisotopic (exact) mass is 326 g/mol. The van der Waals surface area contributed by atoms with Crippen molar-refractivity contribution < 1.29 is 26.7 Å². The first-order valence-corrected chi connectivity index (χ1v) is 7.22. The van der Waals surface area contributed by atoms with Gasteiger partial charge in [-0.15, -0.1) is 4.41 Å². The van der Waals surface area contributed by atoms with Gasteiger partial charge in [0.1, 0.15) is 4.90 Å². The molecule has 1 aromatic rings. The number of alkyl halides is 3. The summed E-state index contributed by atoms with van der Waals surface area (Å²) in [6, 6.07) is 0. The van der Waals surface area contributed by atoms with E-state index in [-0.39, 0.29) is 15.8 Å². The van der Waals surface area contributed by atoms with E-state index in [1.54, 1.807) is 0 Å². The van der Waals surface area contributed by atoms with Gasteiger partial charge in [-0.1, -0.05) is 0 Å². The lowest BCUT2D eigenvalue weighted by molar-refractivity contribution is -0.291. The molecule has 1 aliphatic heterocycles. The van der Waals surface area contributed by atoms with Gasteiger partial charge in [0.25, 0.3) is 15.7 Å². The second-order valence-electron chi connectivity index (χ2n) is 4.83. The molecule has 0 saturated heterocycles. The number of aryl methyl sites for hydroxylation is 2. The predicted molar refractivity (Wildman–Crippen MR) is 65.7 cm³/mol. The third-order valence-electron chi connectivity index (χ3n) is 3.01. The summed E-state index contributed by atoms with van der Waals surface area (Å²) in [5.74, 6) is 0. The van der Waals surface area contributed by atoms with Crippen LogP contribution in [0.15, 0.2) is 16.2 Å². The van der Waals surface area contributed by atoms with Crippen LogP contribution in [0, 0.1) is 6.92 Å². The maximum atomic E-state index is 13.1. The summed E-state index contributed by atoms with van der Waals surface area (Å²) in [5.41, 5.74) is -3.71. The van der Waals surface area contributed by atoms with Crippen LogP contribution in [0.1, 0.15) is 19.0 Å². The summed E-state index contributed by atoms with van der Waals surface area (Å²) >= 11 is 0. The van der Waals surface area contributed by atoms with Crippen LogP contribution < -0.4 is 0 Å². The quantitative estimate of drug-likeness (QED) is 0.869. The van der Waals surface area contributed by atoms with E-state index in [0.29, 0.717) is 0 Å². The molecular formula is C10H13F3N4O3S. The van der Waals surface area contributed by atoms with Crippen LogP contribution in [-0.4, -0.2) is 45.3 Å². The minimum atomic E-state index is -5.18. The Morgan fingerprint density at radius 3 is 2.38 bits per heavy atom. The fourth-order valence-electron chi connectivity index (χ4n) is 2.08. The second kappa shape index (κ2) is 4.44. The minimum Gasteiger partial charge on any atom is -0.361 e. The highest BCUT2D eigenvalue weighted by molar-refractivity contribution is 7.89. The molecule has 118 valence electrons. The molecule has 1 aliphatic rings. The largest absolute Gasteiger partial charge is 0.439 e. The van der Waals surface area contributed by atoms with Crippen LogP contribution in [0.3, 0.4) is 0 Å². The van der Waals surface area contributed by atoms with Crippen molar-refractivity contribution in [3.63, 3.8) is 0 Å². The Bertz CT molecular complexity index is 710. The normalized spacial score (nSPS) is 23.6. The first-order chi connectivity index (χ1) is 9.39. The van der Waals surface area contributed by atoms with E-state index in [9.17, 15) is 26.7 Å². The van der Waals surface area contributed by atoms with Crippen molar-refractivity contribution in [2.24, 2.45) is 12.1 Å². The summed E-state index contributed by atoms with van der Waals surface area (Å²) in [6.07, 6.45) is -5.06. The molecule has 21 heavy (non-hydrogen) atoms. The summed E-state index contributed by atoms with van der Waals surface area (Å²) in [4.78, 5) is -0.439. The van der Waals surface area contributed by atoms with Crippen LogP contribution in [-0.2, 0) is 17.1 Å². The minimum absolute atomic E-state index is 0.0155. The lowest BCUT2D eigenvalue weighted by Crippen LogP contribution is -2.56. The fourth-order valence-corrected chi connectivity index (χ4v) is 3.78. The number of rotatable bonds is 2. The Hall–Kier alpha value is -1.62. The van der Waals surface area contributed by atoms with E-state index in [4.69, 9.17) is 0 Å². The van der Waals surface area contributed by atoms with Gasteiger partial charge in [0.15, 0.2) is 0 Å². The number of halogens is 3. The van der Waals surface area contributed by atoms with Crippen molar-refractivity contribution in [3.8, 4) is 0 Å². The SMILES string of the molecule is CC1=NN(S(=O)(=O)c2cn(C)nc2C)C(O)(C(F)(F)F)C1. The third-order valence-corrected chi connectivity index (χ3v) is 4.80. The van der Waals surface area contributed by atoms with Gasteiger partial charge in [-0.2, -0.15) is 31.8 Å². The highest BCUT2D eigenvalue weighted by Crippen LogP contribution is 2.43. The zero-order valence-electron chi connectivity index (χ0n) is 11.4. The van der Waals surface area contributed by atoms with E-state index < -0.39 is 33.2 Å². The first-order valence-electron chi connectivity index (χ1n) is 5.78. The number of hydrogen-bond donors (Lipinski definition) is 1. The van der Waals surface area contributed by atoms with Crippen LogP contribution in [0.2, 0.25) is 0 Å². The number of aromatic nitrogens is 2. The lowest BCUT2D eigenvalue weighted by Gasteiger charge is -2.32. The van der Waals surface area contributed by atoms with Gasteiger partial charge in [0, 0.05) is 25.4 Å². The van der Waals surface area contributed by atoms with E-state index in [1.807, 2.05) is 0 Å². The van der Waals surface area contributed by atoms with E-state index in [0.717, 1.165) is 10.9 Å². The molecule has 7 nitrogen and oxygen atoms in total. The molecule has 0 aliphatic carbocycles. The van der Waals surface area contributed by atoms with Crippen molar-refractivity contribution in [2.45, 2.75) is 37.1 Å². The highest BCUT2D eigenvalue weighted by atomic mass is 32.2. The molecule has 1 N–H and O–H groups in total. The zero-order chi connectivity index (χ0) is 16.2. The average molecular weight is 326 g/mol. The number of aliphatic hydroxyl groups is 1. The van der Waals surface area contributed by atoms with E-state index in [2.05, 4.69) is 10.2 Å². The Morgan fingerprint density at radius 2 is 1.95 bits per heavy atom. The highest BCUT2D eigenvalue weighted by Gasteiger charge is 2.64. The van der Waals surface area contributed by atoms with Crippen LogP contribution in [0.4, 0.5) is 13.2 Å². The van der Waals surface area contributed by atoms with Crippen molar-refractivity contribution in [1.82, 2.24) is 14.2 Å². The first kappa shape index (κ1) is 15.8. The van der Waals surface area contributed by atoms with Gasteiger partial charge in [0.2, 0.25) is 0 Å². The molecule has 11 heteroatoms. The zero-order valence-corrected chi connectivity index (χ0v) is 12.2. The van der Waals surface area contributed by atoms with Crippen molar-refractivity contribution in [1.29, 1.82) is 0 Å². The molecule has 0 fully saturated rings. The molecule has 0 spiro atoms. The topological polar surface area (TPSA) is 87.8 Å². The molecule has 0 aromatic carbocycles. The summed E-state index contributed by atoms with van der Waals surface area (Å²) < 4.78 is 64.8. The van der Waals surface area contributed by atoms with Gasteiger partial charge in [-0.25, -0.2) is 0 Å². The number of hydrogen-bond acceptors (Lipinski definition) is 5. The van der Waals surface area contributed by atoms with Crippen LogP contribution in [0.5, 0.6) is 0 Å². The van der Waals surface area contributed by atoms with Crippen LogP contribution in [0.25, 0.3) is 0 Å².